The second kappa shape index (κ2) is 5.95. The third kappa shape index (κ3) is 2.20. The molecule has 0 aromatic rings. The van der Waals surface area contributed by atoms with Gasteiger partial charge in [0.2, 0.25) is 0 Å². The van der Waals surface area contributed by atoms with E-state index in [1.165, 1.54) is 0 Å². The number of halogens is 2. The van der Waals surface area contributed by atoms with E-state index in [1.54, 1.807) is 0 Å². The second-order valence-electron chi connectivity index (χ2n) is 8.23. The Balaban J connectivity index is 1.69. The number of hydrogen-bond acceptors (Lipinski definition) is 2. The summed E-state index contributed by atoms with van der Waals surface area (Å²) in [7, 11) is 0. The number of carbonyl (C=O) groups is 1. The normalized spacial score (nSPS) is 45.2. The standard InChI is InChI=1S/C20H26ClFO2/c1-2-20-10-9-12-11-5-8-17(23)18(22)14(11)4-3-13(12)15(20)6-7-16(21)19(20)24/h7,11-13,15,19,24H,2-6,8-10H2,1H3/t11-,12-,13-,15+,19+,20?/m1/s1. The SMILES string of the molecule is CCC12CC[C@H]3[C@@H](CCC4=C(F)C(=O)CC[C@@H]43)[C@@H]1CC=C(Cl)[C@@H]2O. The van der Waals surface area contributed by atoms with Gasteiger partial charge in [0.25, 0.3) is 0 Å². The van der Waals surface area contributed by atoms with Gasteiger partial charge in [-0.15, -0.1) is 0 Å². The summed E-state index contributed by atoms with van der Waals surface area (Å²) < 4.78 is 14.3. The first-order valence-corrected chi connectivity index (χ1v) is 9.82. The molecule has 4 rings (SSSR count). The molecule has 0 aliphatic heterocycles. The van der Waals surface area contributed by atoms with Crippen LogP contribution >= 0.6 is 11.6 Å². The maximum absolute atomic E-state index is 14.3. The third-order valence-corrected chi connectivity index (χ3v) is 8.06. The largest absolute Gasteiger partial charge is 0.387 e. The molecule has 0 saturated heterocycles. The zero-order valence-electron chi connectivity index (χ0n) is 14.2. The van der Waals surface area contributed by atoms with E-state index >= 15 is 0 Å². The van der Waals surface area contributed by atoms with Crippen molar-refractivity contribution in [3.63, 3.8) is 0 Å². The van der Waals surface area contributed by atoms with E-state index in [2.05, 4.69) is 6.92 Å². The topological polar surface area (TPSA) is 37.3 Å². The van der Waals surface area contributed by atoms with Gasteiger partial charge in [0, 0.05) is 16.9 Å². The molecular weight excluding hydrogens is 327 g/mol. The Morgan fingerprint density at radius 3 is 2.83 bits per heavy atom. The molecule has 6 atom stereocenters. The van der Waals surface area contributed by atoms with Crippen LogP contribution in [0.3, 0.4) is 0 Å². The summed E-state index contributed by atoms with van der Waals surface area (Å²) >= 11 is 6.29. The molecule has 0 spiro atoms. The van der Waals surface area contributed by atoms with E-state index < -0.39 is 11.9 Å². The van der Waals surface area contributed by atoms with Gasteiger partial charge in [-0.05, 0) is 74.2 Å². The van der Waals surface area contributed by atoms with Crippen molar-refractivity contribution in [2.24, 2.45) is 29.1 Å². The third-order valence-electron chi connectivity index (χ3n) is 7.70. The summed E-state index contributed by atoms with van der Waals surface area (Å²) in [6.07, 6.45) is 8.13. The number of fused-ring (bicyclic) bond motifs is 5. The molecule has 4 heteroatoms. The van der Waals surface area contributed by atoms with Crippen LogP contribution in [0, 0.1) is 29.1 Å². The van der Waals surface area contributed by atoms with Gasteiger partial charge in [0.05, 0.1) is 6.10 Å². The summed E-state index contributed by atoms with van der Waals surface area (Å²) in [6.45, 7) is 2.17. The molecule has 4 aliphatic carbocycles. The maximum Gasteiger partial charge on any atom is 0.191 e. The van der Waals surface area contributed by atoms with Crippen LogP contribution in [0.1, 0.15) is 58.3 Å². The van der Waals surface area contributed by atoms with Gasteiger partial charge in [-0.3, -0.25) is 4.79 Å². The summed E-state index contributed by atoms with van der Waals surface area (Å²) in [6, 6.07) is 0. The minimum absolute atomic E-state index is 0.114. The molecule has 0 aromatic heterocycles. The number of hydrogen-bond donors (Lipinski definition) is 1. The van der Waals surface area contributed by atoms with Gasteiger partial charge in [-0.1, -0.05) is 24.6 Å². The first-order valence-electron chi connectivity index (χ1n) is 9.45. The van der Waals surface area contributed by atoms with Crippen molar-refractivity contribution in [3.05, 3.63) is 22.5 Å². The lowest BCUT2D eigenvalue weighted by atomic mass is 9.47. The van der Waals surface area contributed by atoms with Crippen LogP contribution in [0.4, 0.5) is 4.39 Å². The van der Waals surface area contributed by atoms with Crippen LogP contribution in [0.25, 0.3) is 0 Å². The molecule has 0 amide bonds. The molecule has 2 saturated carbocycles. The van der Waals surface area contributed by atoms with Crippen molar-refractivity contribution >= 4 is 17.4 Å². The lowest BCUT2D eigenvalue weighted by Crippen LogP contribution is -2.54. The van der Waals surface area contributed by atoms with Gasteiger partial charge >= 0.3 is 0 Å². The fourth-order valence-electron chi connectivity index (χ4n) is 6.48. The van der Waals surface area contributed by atoms with Crippen molar-refractivity contribution in [3.8, 4) is 0 Å². The first-order chi connectivity index (χ1) is 11.5. The Hall–Kier alpha value is -0.670. The van der Waals surface area contributed by atoms with E-state index in [1.807, 2.05) is 6.08 Å². The highest BCUT2D eigenvalue weighted by Crippen LogP contribution is 2.62. The molecule has 0 bridgehead atoms. The number of rotatable bonds is 1. The molecule has 1 N–H and O–H groups in total. The van der Waals surface area contributed by atoms with Crippen LogP contribution < -0.4 is 0 Å². The molecular formula is C20H26ClFO2. The van der Waals surface area contributed by atoms with Gasteiger partial charge in [0.15, 0.2) is 11.6 Å². The summed E-state index contributed by atoms with van der Waals surface area (Å²) in [5.74, 6) is 0.944. The molecule has 2 nitrogen and oxygen atoms in total. The lowest BCUT2D eigenvalue weighted by Gasteiger charge is -2.58. The molecule has 0 heterocycles. The van der Waals surface area contributed by atoms with Crippen LogP contribution in [0.15, 0.2) is 22.5 Å². The van der Waals surface area contributed by atoms with Crippen molar-refractivity contribution in [2.75, 3.05) is 0 Å². The Kier molecular flexibility index (Phi) is 4.16. The average Bonchev–Trinajstić information content (AvgIpc) is 2.60. The van der Waals surface area contributed by atoms with Gasteiger partial charge in [0.1, 0.15) is 0 Å². The summed E-state index contributed by atoms with van der Waals surface area (Å²) in [5, 5.41) is 11.4. The van der Waals surface area contributed by atoms with E-state index in [4.69, 9.17) is 11.6 Å². The average molecular weight is 353 g/mol. The Morgan fingerprint density at radius 1 is 1.29 bits per heavy atom. The van der Waals surface area contributed by atoms with Gasteiger partial charge < -0.3 is 5.11 Å². The first kappa shape index (κ1) is 16.8. The number of aliphatic hydroxyl groups is 1. The molecule has 24 heavy (non-hydrogen) atoms. The van der Waals surface area contributed by atoms with Crippen LogP contribution in [0.5, 0.6) is 0 Å². The van der Waals surface area contributed by atoms with E-state index in [-0.39, 0.29) is 17.1 Å². The van der Waals surface area contributed by atoms with Crippen molar-refractivity contribution in [1.29, 1.82) is 0 Å². The highest BCUT2D eigenvalue weighted by atomic mass is 35.5. The lowest BCUT2D eigenvalue weighted by molar-refractivity contribution is -0.120. The highest BCUT2D eigenvalue weighted by Gasteiger charge is 2.56. The Morgan fingerprint density at radius 2 is 2.08 bits per heavy atom. The highest BCUT2D eigenvalue weighted by molar-refractivity contribution is 6.30. The quantitative estimate of drug-likeness (QED) is 0.728. The van der Waals surface area contributed by atoms with E-state index in [9.17, 15) is 14.3 Å². The molecule has 2 fully saturated rings. The molecule has 132 valence electrons. The second-order valence-corrected chi connectivity index (χ2v) is 8.67. The Labute approximate surface area is 148 Å². The number of carbonyl (C=O) groups excluding carboxylic acids is 1. The number of ketones is 1. The zero-order chi connectivity index (χ0) is 17.1. The molecule has 4 aliphatic rings. The fourth-order valence-corrected chi connectivity index (χ4v) is 6.79. The fraction of sp³-hybridized carbons (Fsp3) is 0.750. The number of Topliss-reactive ketones (excluding diaryl/α,β-unsaturated/α-hetero) is 1. The monoisotopic (exact) mass is 352 g/mol. The minimum Gasteiger partial charge on any atom is -0.387 e. The molecule has 0 radical (unpaired) electrons. The predicted octanol–water partition coefficient (Wildman–Crippen LogP) is 4.91. The maximum atomic E-state index is 14.3. The predicted molar refractivity (Wildman–Crippen MR) is 92.1 cm³/mol. The van der Waals surface area contributed by atoms with Crippen LogP contribution in [0.2, 0.25) is 0 Å². The van der Waals surface area contributed by atoms with E-state index in [0.29, 0.717) is 35.6 Å². The van der Waals surface area contributed by atoms with Crippen molar-refractivity contribution in [2.45, 2.75) is 64.4 Å². The van der Waals surface area contributed by atoms with Crippen molar-refractivity contribution < 1.29 is 14.3 Å². The van der Waals surface area contributed by atoms with Crippen LogP contribution in [-0.2, 0) is 4.79 Å². The smallest absolute Gasteiger partial charge is 0.191 e. The molecule has 0 aromatic carbocycles. The summed E-state index contributed by atoms with van der Waals surface area (Å²) in [4.78, 5) is 11.7. The summed E-state index contributed by atoms with van der Waals surface area (Å²) in [5.41, 5.74) is 0.693. The van der Waals surface area contributed by atoms with Crippen LogP contribution in [-0.4, -0.2) is 17.0 Å². The minimum atomic E-state index is -0.550. The number of aliphatic hydroxyl groups excluding tert-OH is 1. The Bertz CT molecular complexity index is 625. The van der Waals surface area contributed by atoms with Gasteiger partial charge in [-0.2, -0.15) is 0 Å². The zero-order valence-corrected chi connectivity index (χ0v) is 15.0. The molecule has 1 unspecified atom stereocenters. The van der Waals surface area contributed by atoms with Crippen molar-refractivity contribution in [1.82, 2.24) is 0 Å². The van der Waals surface area contributed by atoms with Gasteiger partial charge in [-0.25, -0.2) is 4.39 Å². The number of allylic oxidation sites excluding steroid dienone is 3. The van der Waals surface area contributed by atoms with E-state index in [0.717, 1.165) is 44.1 Å².